The van der Waals surface area contributed by atoms with Crippen LogP contribution in [0.1, 0.15) is 88.0 Å². The Morgan fingerprint density at radius 1 is 1.12 bits per heavy atom. The average molecular weight is 365 g/mol. The van der Waals surface area contributed by atoms with Crippen LogP contribution in [0.5, 0.6) is 0 Å². The zero-order valence-corrected chi connectivity index (χ0v) is 18.5. The third kappa shape index (κ3) is 4.65. The molecule has 1 aliphatic heterocycles. The van der Waals surface area contributed by atoms with Gasteiger partial charge in [0.2, 0.25) is 5.91 Å². The van der Waals surface area contributed by atoms with Crippen LogP contribution >= 0.6 is 0 Å². The molecule has 1 saturated heterocycles. The van der Waals surface area contributed by atoms with Crippen LogP contribution in [0.3, 0.4) is 0 Å². The Morgan fingerprint density at radius 3 is 2.15 bits per heavy atom. The molecule has 2 rings (SSSR count). The normalized spacial score (nSPS) is 33.5. The maximum Gasteiger partial charge on any atom is 0.457 e. The molecule has 0 aromatic rings. The first-order valence-corrected chi connectivity index (χ1v) is 10.3. The Kier molecular flexibility index (Phi) is 5.96. The van der Waals surface area contributed by atoms with Crippen LogP contribution in [0.2, 0.25) is 6.32 Å². The van der Waals surface area contributed by atoms with Crippen LogP contribution in [0.25, 0.3) is 0 Å². The van der Waals surface area contributed by atoms with Crippen LogP contribution in [0.4, 0.5) is 0 Å². The highest BCUT2D eigenvalue weighted by atomic mass is 16.7. The predicted molar refractivity (Wildman–Crippen MR) is 108 cm³/mol. The van der Waals surface area contributed by atoms with Gasteiger partial charge in [-0.15, -0.1) is 0 Å². The molecular formula is C21H40BNO3. The standard InChI is InChI=1S/C21H40BNO3/c1-15-13-16(21(9,14-15)17(24)23-18(2,3)4)11-10-12-22-25-19(5,6)20(7,8)26-22/h15-16H,10-14H2,1-9H3,(H,23,24)/t15-,16-,21+/m0/s1. The van der Waals surface area contributed by atoms with Crippen molar-refractivity contribution in [3.63, 3.8) is 0 Å². The van der Waals surface area contributed by atoms with E-state index in [1.54, 1.807) is 0 Å². The summed E-state index contributed by atoms with van der Waals surface area (Å²) in [5.74, 6) is 1.25. The summed E-state index contributed by atoms with van der Waals surface area (Å²) in [6.45, 7) is 19.0. The molecule has 1 amide bonds. The lowest BCUT2D eigenvalue weighted by molar-refractivity contribution is -0.133. The van der Waals surface area contributed by atoms with Gasteiger partial charge in [0, 0.05) is 11.0 Å². The third-order valence-corrected chi connectivity index (χ3v) is 6.66. The molecule has 2 aliphatic rings. The minimum absolute atomic E-state index is 0.131. The van der Waals surface area contributed by atoms with E-state index in [2.05, 4.69) is 67.6 Å². The number of carbonyl (C=O) groups is 1. The van der Waals surface area contributed by atoms with Crippen molar-refractivity contribution in [3.05, 3.63) is 0 Å². The van der Waals surface area contributed by atoms with Crippen molar-refractivity contribution in [2.45, 2.75) is 111 Å². The van der Waals surface area contributed by atoms with Crippen molar-refractivity contribution in [1.29, 1.82) is 0 Å². The quantitative estimate of drug-likeness (QED) is 0.710. The maximum atomic E-state index is 13.0. The molecule has 1 saturated carbocycles. The molecule has 0 aromatic carbocycles. The van der Waals surface area contributed by atoms with Gasteiger partial charge in [-0.05, 0) is 85.9 Å². The number of carbonyl (C=O) groups excluding carboxylic acids is 1. The van der Waals surface area contributed by atoms with Crippen LogP contribution < -0.4 is 5.32 Å². The summed E-state index contributed by atoms with van der Waals surface area (Å²) in [6.07, 6.45) is 5.11. The average Bonchev–Trinajstić information content (AvgIpc) is 2.81. The molecule has 0 bridgehead atoms. The Labute approximate surface area is 161 Å². The highest BCUT2D eigenvalue weighted by Crippen LogP contribution is 2.49. The van der Waals surface area contributed by atoms with Gasteiger partial charge in [-0.2, -0.15) is 0 Å². The number of amides is 1. The van der Waals surface area contributed by atoms with Gasteiger partial charge in [-0.3, -0.25) is 4.79 Å². The largest absolute Gasteiger partial charge is 0.457 e. The highest BCUT2D eigenvalue weighted by Gasteiger charge is 2.51. The Hall–Kier alpha value is -0.545. The van der Waals surface area contributed by atoms with Gasteiger partial charge in [-0.25, -0.2) is 0 Å². The van der Waals surface area contributed by atoms with Gasteiger partial charge in [0.05, 0.1) is 11.2 Å². The summed E-state index contributed by atoms with van der Waals surface area (Å²) in [4.78, 5) is 13.0. The number of rotatable bonds is 5. The summed E-state index contributed by atoms with van der Waals surface area (Å²) < 4.78 is 12.2. The third-order valence-electron chi connectivity index (χ3n) is 6.66. The molecule has 1 aliphatic carbocycles. The molecular weight excluding hydrogens is 325 g/mol. The summed E-state index contributed by atoms with van der Waals surface area (Å²) >= 11 is 0. The van der Waals surface area contributed by atoms with Gasteiger partial charge < -0.3 is 14.6 Å². The molecule has 2 fully saturated rings. The van der Waals surface area contributed by atoms with Crippen molar-refractivity contribution in [2.24, 2.45) is 17.3 Å². The van der Waals surface area contributed by atoms with Crippen LogP contribution in [0.15, 0.2) is 0 Å². The number of hydrogen-bond donors (Lipinski definition) is 1. The fourth-order valence-corrected chi connectivity index (χ4v) is 4.53. The monoisotopic (exact) mass is 365 g/mol. The second-order valence-corrected chi connectivity index (χ2v) is 11.0. The van der Waals surface area contributed by atoms with E-state index in [1.807, 2.05) is 0 Å². The van der Waals surface area contributed by atoms with Crippen molar-refractivity contribution < 1.29 is 14.1 Å². The van der Waals surface area contributed by atoms with E-state index >= 15 is 0 Å². The minimum Gasteiger partial charge on any atom is -0.403 e. The van der Waals surface area contributed by atoms with Crippen LogP contribution in [-0.4, -0.2) is 29.8 Å². The zero-order valence-electron chi connectivity index (χ0n) is 18.5. The van der Waals surface area contributed by atoms with E-state index < -0.39 is 0 Å². The molecule has 0 aromatic heterocycles. The fraction of sp³-hybridized carbons (Fsp3) is 0.952. The topological polar surface area (TPSA) is 47.6 Å². The number of nitrogens with one attached hydrogen (secondary N) is 1. The molecule has 150 valence electrons. The lowest BCUT2D eigenvalue weighted by atomic mass is 9.73. The molecule has 1 N–H and O–H groups in total. The van der Waals surface area contributed by atoms with Gasteiger partial charge in [0.25, 0.3) is 0 Å². The van der Waals surface area contributed by atoms with E-state index in [9.17, 15) is 4.79 Å². The molecule has 1 heterocycles. The molecule has 0 unspecified atom stereocenters. The molecule has 0 radical (unpaired) electrons. The maximum absolute atomic E-state index is 13.0. The minimum atomic E-state index is -0.263. The van der Waals surface area contributed by atoms with Gasteiger partial charge in [0.15, 0.2) is 0 Å². The predicted octanol–water partition coefficient (Wildman–Crippen LogP) is 4.83. The first kappa shape index (κ1) is 21.8. The van der Waals surface area contributed by atoms with E-state index in [0.29, 0.717) is 11.8 Å². The van der Waals surface area contributed by atoms with Crippen molar-refractivity contribution in [3.8, 4) is 0 Å². The summed E-state index contributed by atoms with van der Waals surface area (Å²) in [5, 5.41) is 3.22. The molecule has 3 atom stereocenters. The molecule has 4 nitrogen and oxygen atoms in total. The molecule has 26 heavy (non-hydrogen) atoms. The lowest BCUT2D eigenvalue weighted by Gasteiger charge is -2.34. The zero-order chi connectivity index (χ0) is 20.0. The first-order chi connectivity index (χ1) is 11.7. The van der Waals surface area contributed by atoms with Gasteiger partial charge >= 0.3 is 7.12 Å². The smallest absolute Gasteiger partial charge is 0.403 e. The fourth-order valence-electron chi connectivity index (χ4n) is 4.53. The van der Waals surface area contributed by atoms with E-state index in [1.165, 1.54) is 0 Å². The Morgan fingerprint density at radius 2 is 1.65 bits per heavy atom. The second-order valence-electron chi connectivity index (χ2n) is 11.0. The van der Waals surface area contributed by atoms with Crippen molar-refractivity contribution >= 4 is 13.0 Å². The Bertz CT molecular complexity index is 510. The lowest BCUT2D eigenvalue weighted by Crippen LogP contribution is -2.49. The molecule has 0 spiro atoms. The van der Waals surface area contributed by atoms with Crippen molar-refractivity contribution in [2.75, 3.05) is 0 Å². The van der Waals surface area contributed by atoms with Gasteiger partial charge in [-0.1, -0.05) is 20.3 Å². The van der Waals surface area contributed by atoms with Crippen LogP contribution in [0, 0.1) is 17.3 Å². The molecule has 5 heteroatoms. The van der Waals surface area contributed by atoms with E-state index in [0.717, 1.165) is 32.0 Å². The highest BCUT2D eigenvalue weighted by molar-refractivity contribution is 6.45. The van der Waals surface area contributed by atoms with E-state index in [4.69, 9.17) is 9.31 Å². The Balaban J connectivity index is 1.92. The summed E-state index contributed by atoms with van der Waals surface area (Å²) in [5.41, 5.74) is -0.969. The first-order valence-electron chi connectivity index (χ1n) is 10.3. The van der Waals surface area contributed by atoms with Crippen LogP contribution in [-0.2, 0) is 14.1 Å². The SMILES string of the molecule is C[C@H]1C[C@H](CCCB2OC(C)(C)C(C)(C)O2)[C@](C)(C(=O)NC(C)(C)C)C1. The second kappa shape index (κ2) is 7.12. The van der Waals surface area contributed by atoms with Gasteiger partial charge in [0.1, 0.15) is 0 Å². The summed E-state index contributed by atoms with van der Waals surface area (Å²) in [6, 6.07) is 0. The van der Waals surface area contributed by atoms with Crippen molar-refractivity contribution in [1.82, 2.24) is 5.32 Å². The summed E-state index contributed by atoms with van der Waals surface area (Å²) in [7, 11) is -0.131. The van der Waals surface area contributed by atoms with E-state index in [-0.39, 0.29) is 35.2 Å². The number of hydrogen-bond acceptors (Lipinski definition) is 3.